The summed E-state index contributed by atoms with van der Waals surface area (Å²) in [6.07, 6.45) is 6.91. The van der Waals surface area contributed by atoms with Crippen molar-refractivity contribution in [1.29, 1.82) is 0 Å². The lowest BCUT2D eigenvalue weighted by Crippen LogP contribution is -2.07. The van der Waals surface area contributed by atoms with E-state index in [1.807, 2.05) is 0 Å². The van der Waals surface area contributed by atoms with Gasteiger partial charge in [0.05, 0.1) is 0 Å². The fourth-order valence-corrected chi connectivity index (χ4v) is 1.84. The van der Waals surface area contributed by atoms with Crippen LogP contribution in [0.2, 0.25) is 0 Å². The van der Waals surface area contributed by atoms with Gasteiger partial charge in [0.2, 0.25) is 0 Å². The maximum atomic E-state index is 4.01. The lowest BCUT2D eigenvalue weighted by Gasteiger charge is -2.13. The molecule has 0 aromatic rings. The molecule has 1 rings (SSSR count). The fraction of sp³-hybridized carbons (Fsp3) is 0.636. The van der Waals surface area contributed by atoms with Crippen LogP contribution >= 0.6 is 0 Å². The summed E-state index contributed by atoms with van der Waals surface area (Å²) in [5.74, 6) is 1.40. The molecular weight excluding hydrogens is 146 g/mol. The highest BCUT2D eigenvalue weighted by Crippen LogP contribution is 2.25. The van der Waals surface area contributed by atoms with Crippen LogP contribution < -0.4 is 5.32 Å². The van der Waals surface area contributed by atoms with Crippen molar-refractivity contribution >= 4 is 0 Å². The summed E-state index contributed by atoms with van der Waals surface area (Å²) in [4.78, 5) is 0. The van der Waals surface area contributed by atoms with E-state index >= 15 is 0 Å². The average molecular weight is 165 g/mol. The van der Waals surface area contributed by atoms with Crippen LogP contribution in [0.15, 0.2) is 24.4 Å². The summed E-state index contributed by atoms with van der Waals surface area (Å²) in [6.45, 7) is 9.48. The molecular formula is C11H19N. The van der Waals surface area contributed by atoms with Gasteiger partial charge in [-0.3, -0.25) is 0 Å². The van der Waals surface area contributed by atoms with Crippen molar-refractivity contribution in [3.63, 3.8) is 0 Å². The lowest BCUT2D eigenvalue weighted by atomic mass is 9.93. The van der Waals surface area contributed by atoms with Crippen LogP contribution in [-0.4, -0.2) is 6.54 Å². The Bertz CT molecular complexity index is 181. The second-order valence-electron chi connectivity index (χ2n) is 3.68. The Balaban J connectivity index is 2.34. The minimum absolute atomic E-state index is 0.691. The van der Waals surface area contributed by atoms with Crippen molar-refractivity contribution in [3.8, 4) is 0 Å². The highest BCUT2D eigenvalue weighted by atomic mass is 14.9. The molecule has 1 saturated heterocycles. The molecule has 0 amide bonds. The van der Waals surface area contributed by atoms with Crippen LogP contribution in [0.3, 0.4) is 0 Å². The molecule has 68 valence electrons. The molecule has 0 aliphatic carbocycles. The molecule has 0 bridgehead atoms. The van der Waals surface area contributed by atoms with Crippen LogP contribution in [0.1, 0.15) is 26.7 Å². The standard InChI is InChI=1S/C11H19N/c1-4-5-9(2)8-11-6-7-12-10(11)3/h4-5,9,11-12H,3,6-8H2,1-2H3/b5-4+/t9?,11-/m0/s1. The first-order valence-corrected chi connectivity index (χ1v) is 4.79. The van der Waals surface area contributed by atoms with Gasteiger partial charge in [-0.15, -0.1) is 0 Å². The number of allylic oxidation sites excluding steroid dienone is 3. The molecule has 0 aromatic heterocycles. The van der Waals surface area contributed by atoms with E-state index in [2.05, 4.69) is 37.9 Å². The van der Waals surface area contributed by atoms with E-state index < -0.39 is 0 Å². The Morgan fingerprint density at radius 1 is 1.75 bits per heavy atom. The van der Waals surface area contributed by atoms with E-state index in [4.69, 9.17) is 0 Å². The first-order chi connectivity index (χ1) is 5.74. The third kappa shape index (κ3) is 2.40. The third-order valence-electron chi connectivity index (χ3n) is 2.51. The molecule has 0 spiro atoms. The number of hydrogen-bond acceptors (Lipinski definition) is 1. The molecule has 1 aliphatic heterocycles. The van der Waals surface area contributed by atoms with Crippen LogP contribution in [0.25, 0.3) is 0 Å². The van der Waals surface area contributed by atoms with E-state index in [1.165, 1.54) is 18.5 Å². The van der Waals surface area contributed by atoms with E-state index in [0.717, 1.165) is 6.54 Å². The largest absolute Gasteiger partial charge is 0.389 e. The normalized spacial score (nSPS) is 26.2. The zero-order valence-corrected chi connectivity index (χ0v) is 8.14. The summed E-state index contributed by atoms with van der Waals surface area (Å²) in [5, 5.41) is 3.30. The molecule has 0 saturated carbocycles. The van der Waals surface area contributed by atoms with Gasteiger partial charge in [-0.05, 0) is 25.7 Å². The summed E-state index contributed by atoms with van der Waals surface area (Å²) in [5.41, 5.74) is 1.24. The lowest BCUT2D eigenvalue weighted by molar-refractivity contribution is 0.502. The van der Waals surface area contributed by atoms with Gasteiger partial charge in [0.25, 0.3) is 0 Å². The van der Waals surface area contributed by atoms with Gasteiger partial charge in [0, 0.05) is 18.2 Å². The molecule has 1 aliphatic rings. The highest BCUT2D eigenvalue weighted by Gasteiger charge is 2.19. The molecule has 12 heavy (non-hydrogen) atoms. The average Bonchev–Trinajstić information content (AvgIpc) is 2.37. The summed E-state index contributed by atoms with van der Waals surface area (Å²) >= 11 is 0. The van der Waals surface area contributed by atoms with Crippen molar-refractivity contribution in [2.75, 3.05) is 6.54 Å². The quantitative estimate of drug-likeness (QED) is 0.634. The Morgan fingerprint density at radius 3 is 3.00 bits per heavy atom. The zero-order valence-electron chi connectivity index (χ0n) is 8.14. The van der Waals surface area contributed by atoms with Gasteiger partial charge in [0.15, 0.2) is 0 Å². The maximum Gasteiger partial charge on any atom is 0.0150 e. The fourth-order valence-electron chi connectivity index (χ4n) is 1.84. The summed E-state index contributed by atoms with van der Waals surface area (Å²) in [6, 6.07) is 0. The van der Waals surface area contributed by atoms with Crippen molar-refractivity contribution < 1.29 is 0 Å². The van der Waals surface area contributed by atoms with E-state index in [0.29, 0.717) is 11.8 Å². The number of rotatable bonds is 3. The first kappa shape index (κ1) is 9.37. The Kier molecular flexibility index (Phi) is 3.39. The monoisotopic (exact) mass is 165 g/mol. The Hall–Kier alpha value is -0.720. The molecule has 1 fully saturated rings. The predicted octanol–water partition coefficient (Wildman–Crippen LogP) is 2.71. The van der Waals surface area contributed by atoms with Gasteiger partial charge >= 0.3 is 0 Å². The van der Waals surface area contributed by atoms with Gasteiger partial charge in [-0.25, -0.2) is 0 Å². The molecule has 0 aromatic carbocycles. The van der Waals surface area contributed by atoms with Crippen LogP contribution in [-0.2, 0) is 0 Å². The highest BCUT2D eigenvalue weighted by molar-refractivity contribution is 5.04. The van der Waals surface area contributed by atoms with Crippen molar-refractivity contribution in [2.45, 2.75) is 26.7 Å². The second kappa shape index (κ2) is 4.34. The minimum Gasteiger partial charge on any atom is -0.389 e. The van der Waals surface area contributed by atoms with Gasteiger partial charge < -0.3 is 5.32 Å². The second-order valence-corrected chi connectivity index (χ2v) is 3.68. The molecule has 1 N–H and O–H groups in total. The van der Waals surface area contributed by atoms with Crippen molar-refractivity contribution in [3.05, 3.63) is 24.4 Å². The molecule has 1 unspecified atom stereocenters. The van der Waals surface area contributed by atoms with Crippen LogP contribution in [0, 0.1) is 11.8 Å². The Labute approximate surface area is 75.6 Å². The third-order valence-corrected chi connectivity index (χ3v) is 2.51. The zero-order chi connectivity index (χ0) is 8.97. The van der Waals surface area contributed by atoms with Gasteiger partial charge in [-0.1, -0.05) is 25.7 Å². The van der Waals surface area contributed by atoms with Crippen molar-refractivity contribution in [1.82, 2.24) is 5.32 Å². The topological polar surface area (TPSA) is 12.0 Å². The van der Waals surface area contributed by atoms with Crippen molar-refractivity contribution in [2.24, 2.45) is 11.8 Å². The molecule has 1 heterocycles. The minimum atomic E-state index is 0.691. The SMILES string of the molecule is C=C1NCC[C@H]1CC(C)/C=C/C. The smallest absolute Gasteiger partial charge is 0.0150 e. The van der Waals surface area contributed by atoms with Crippen LogP contribution in [0.4, 0.5) is 0 Å². The summed E-state index contributed by atoms with van der Waals surface area (Å²) in [7, 11) is 0. The molecule has 2 atom stereocenters. The molecule has 1 heteroatoms. The Morgan fingerprint density at radius 2 is 2.50 bits per heavy atom. The first-order valence-electron chi connectivity index (χ1n) is 4.79. The number of hydrogen-bond donors (Lipinski definition) is 1. The van der Waals surface area contributed by atoms with Crippen LogP contribution in [0.5, 0.6) is 0 Å². The molecule has 0 radical (unpaired) electrons. The van der Waals surface area contributed by atoms with Gasteiger partial charge in [0.1, 0.15) is 0 Å². The van der Waals surface area contributed by atoms with E-state index in [-0.39, 0.29) is 0 Å². The number of nitrogens with one attached hydrogen (secondary N) is 1. The predicted molar refractivity (Wildman–Crippen MR) is 53.8 cm³/mol. The van der Waals surface area contributed by atoms with E-state index in [1.54, 1.807) is 0 Å². The molecule has 1 nitrogen and oxygen atoms in total. The van der Waals surface area contributed by atoms with Gasteiger partial charge in [-0.2, -0.15) is 0 Å². The summed E-state index contributed by atoms with van der Waals surface area (Å²) < 4.78 is 0. The van der Waals surface area contributed by atoms with E-state index in [9.17, 15) is 0 Å². The maximum absolute atomic E-state index is 4.01.